The summed E-state index contributed by atoms with van der Waals surface area (Å²) in [6.45, 7) is 0.914. The Balaban J connectivity index is 2.10. The standard InChI is InChI=1S/C11H11N5O4/c17-11(18)9-6-8(16(19)20)7-13-10(9)12-3-5-15-4-1-2-14-15/h1-2,4,6-7H,3,5H2,(H,12,13)(H,17,18). The molecule has 0 saturated heterocycles. The number of nitrogens with zero attached hydrogens (tertiary/aromatic N) is 4. The van der Waals surface area contributed by atoms with Crippen molar-refractivity contribution < 1.29 is 14.8 Å². The minimum atomic E-state index is -1.28. The van der Waals surface area contributed by atoms with E-state index in [1.807, 2.05) is 0 Å². The Bertz CT molecular complexity index is 626. The summed E-state index contributed by atoms with van der Waals surface area (Å²) in [6.07, 6.45) is 4.42. The molecule has 0 spiro atoms. The Labute approximate surface area is 113 Å². The highest BCUT2D eigenvalue weighted by Crippen LogP contribution is 2.18. The van der Waals surface area contributed by atoms with Crippen LogP contribution in [-0.4, -0.2) is 37.3 Å². The van der Waals surface area contributed by atoms with Crippen LogP contribution in [0.5, 0.6) is 0 Å². The van der Waals surface area contributed by atoms with Gasteiger partial charge in [-0.25, -0.2) is 9.78 Å². The molecule has 2 aromatic rings. The second-order valence-electron chi connectivity index (χ2n) is 3.85. The lowest BCUT2D eigenvalue weighted by molar-refractivity contribution is -0.385. The lowest BCUT2D eigenvalue weighted by Crippen LogP contribution is -2.14. The maximum Gasteiger partial charge on any atom is 0.339 e. The van der Waals surface area contributed by atoms with Gasteiger partial charge in [0.15, 0.2) is 0 Å². The molecular formula is C11H11N5O4. The van der Waals surface area contributed by atoms with Crippen LogP contribution >= 0.6 is 0 Å². The Morgan fingerprint density at radius 3 is 2.95 bits per heavy atom. The van der Waals surface area contributed by atoms with Gasteiger partial charge in [-0.3, -0.25) is 14.8 Å². The quantitative estimate of drug-likeness (QED) is 0.596. The smallest absolute Gasteiger partial charge is 0.339 e. The number of nitrogens with one attached hydrogen (secondary N) is 1. The van der Waals surface area contributed by atoms with Gasteiger partial charge in [0.25, 0.3) is 5.69 Å². The third-order valence-electron chi connectivity index (χ3n) is 2.51. The summed E-state index contributed by atoms with van der Waals surface area (Å²) in [6, 6.07) is 2.75. The fourth-order valence-electron chi connectivity index (χ4n) is 1.58. The Morgan fingerprint density at radius 2 is 2.35 bits per heavy atom. The predicted octanol–water partition coefficient (Wildman–Crippen LogP) is 0.997. The van der Waals surface area contributed by atoms with Crippen LogP contribution in [0, 0.1) is 10.1 Å². The Hall–Kier alpha value is -2.97. The largest absolute Gasteiger partial charge is 0.478 e. The number of nitro groups is 1. The summed E-state index contributed by atoms with van der Waals surface area (Å²) < 4.78 is 1.67. The molecule has 0 bridgehead atoms. The monoisotopic (exact) mass is 277 g/mol. The van der Waals surface area contributed by atoms with Crippen LogP contribution in [0.15, 0.2) is 30.7 Å². The highest BCUT2D eigenvalue weighted by molar-refractivity contribution is 5.93. The SMILES string of the molecule is O=C(O)c1cc([N+](=O)[O-])cnc1NCCn1cccn1. The first-order valence-electron chi connectivity index (χ1n) is 5.67. The molecule has 0 atom stereocenters. The molecule has 2 N–H and O–H groups in total. The first-order chi connectivity index (χ1) is 9.58. The molecule has 0 fully saturated rings. The van der Waals surface area contributed by atoms with Crippen LogP contribution in [0.4, 0.5) is 11.5 Å². The molecule has 9 heteroatoms. The van der Waals surface area contributed by atoms with Gasteiger partial charge >= 0.3 is 5.97 Å². The van der Waals surface area contributed by atoms with Crippen LogP contribution in [0.1, 0.15) is 10.4 Å². The van der Waals surface area contributed by atoms with Crippen LogP contribution < -0.4 is 5.32 Å². The first-order valence-corrected chi connectivity index (χ1v) is 5.67. The second-order valence-corrected chi connectivity index (χ2v) is 3.85. The van der Waals surface area contributed by atoms with Gasteiger partial charge in [-0.2, -0.15) is 5.10 Å². The molecule has 2 heterocycles. The molecule has 0 aliphatic rings. The molecule has 0 aromatic carbocycles. The minimum Gasteiger partial charge on any atom is -0.478 e. The molecule has 0 radical (unpaired) electrons. The van der Waals surface area contributed by atoms with Crippen LogP contribution in [0.2, 0.25) is 0 Å². The molecule has 0 amide bonds. The van der Waals surface area contributed by atoms with E-state index in [-0.39, 0.29) is 17.1 Å². The van der Waals surface area contributed by atoms with Crippen molar-refractivity contribution in [3.8, 4) is 0 Å². The highest BCUT2D eigenvalue weighted by Gasteiger charge is 2.17. The minimum absolute atomic E-state index is 0.0928. The van der Waals surface area contributed by atoms with E-state index >= 15 is 0 Å². The van der Waals surface area contributed by atoms with Gasteiger partial charge in [-0.15, -0.1) is 0 Å². The maximum absolute atomic E-state index is 11.1. The van der Waals surface area contributed by atoms with Crippen molar-refractivity contribution in [2.24, 2.45) is 0 Å². The van der Waals surface area contributed by atoms with E-state index in [0.717, 1.165) is 12.3 Å². The average Bonchev–Trinajstić information content (AvgIpc) is 2.91. The van der Waals surface area contributed by atoms with E-state index in [2.05, 4.69) is 15.4 Å². The molecule has 0 saturated carbocycles. The van der Waals surface area contributed by atoms with E-state index in [0.29, 0.717) is 13.1 Å². The molecule has 0 aliphatic heterocycles. The van der Waals surface area contributed by atoms with Gasteiger partial charge in [-0.1, -0.05) is 0 Å². The van der Waals surface area contributed by atoms with Crippen LogP contribution in [-0.2, 0) is 6.54 Å². The molecule has 9 nitrogen and oxygen atoms in total. The number of aromatic nitrogens is 3. The van der Waals surface area contributed by atoms with Gasteiger partial charge in [0.05, 0.1) is 11.5 Å². The summed E-state index contributed by atoms with van der Waals surface area (Å²) in [7, 11) is 0. The number of carboxylic acids is 1. The molecular weight excluding hydrogens is 266 g/mol. The lowest BCUT2D eigenvalue weighted by atomic mass is 10.2. The summed E-state index contributed by atoms with van der Waals surface area (Å²) in [5.74, 6) is -1.18. The third kappa shape index (κ3) is 3.07. The molecule has 20 heavy (non-hydrogen) atoms. The number of carboxylic acid groups (broad SMARTS) is 1. The van der Waals surface area contributed by atoms with Crippen LogP contribution in [0.3, 0.4) is 0 Å². The first kappa shape index (κ1) is 13.5. The van der Waals surface area contributed by atoms with E-state index in [4.69, 9.17) is 5.11 Å². The number of carbonyl (C=O) groups is 1. The van der Waals surface area contributed by atoms with E-state index in [1.165, 1.54) is 0 Å². The number of rotatable bonds is 6. The topological polar surface area (TPSA) is 123 Å². The predicted molar refractivity (Wildman–Crippen MR) is 68.6 cm³/mol. The Morgan fingerprint density at radius 1 is 1.55 bits per heavy atom. The molecule has 104 valence electrons. The van der Waals surface area contributed by atoms with Crippen molar-refractivity contribution >= 4 is 17.5 Å². The zero-order chi connectivity index (χ0) is 14.5. The van der Waals surface area contributed by atoms with Gasteiger partial charge in [0, 0.05) is 25.0 Å². The van der Waals surface area contributed by atoms with Crippen LogP contribution in [0.25, 0.3) is 0 Å². The van der Waals surface area contributed by atoms with Gasteiger partial charge in [0.1, 0.15) is 17.6 Å². The second kappa shape index (κ2) is 5.78. The zero-order valence-electron chi connectivity index (χ0n) is 10.3. The van der Waals surface area contributed by atoms with Crippen molar-refractivity contribution in [3.05, 3.63) is 46.4 Å². The summed E-state index contributed by atoms with van der Waals surface area (Å²) >= 11 is 0. The van der Waals surface area contributed by atoms with Gasteiger partial charge in [0.2, 0.25) is 0 Å². The van der Waals surface area contributed by atoms with E-state index in [9.17, 15) is 14.9 Å². The fourth-order valence-corrected chi connectivity index (χ4v) is 1.58. The average molecular weight is 277 g/mol. The number of pyridine rings is 1. The number of hydrogen-bond donors (Lipinski definition) is 2. The van der Waals surface area contributed by atoms with E-state index < -0.39 is 10.9 Å². The van der Waals surface area contributed by atoms with Crippen molar-refractivity contribution in [2.75, 3.05) is 11.9 Å². The van der Waals surface area contributed by atoms with Crippen molar-refractivity contribution in [2.45, 2.75) is 6.54 Å². The molecule has 2 rings (SSSR count). The van der Waals surface area contributed by atoms with Gasteiger partial charge in [-0.05, 0) is 6.07 Å². The highest BCUT2D eigenvalue weighted by atomic mass is 16.6. The summed E-state index contributed by atoms with van der Waals surface area (Å²) in [5, 5.41) is 26.4. The maximum atomic E-state index is 11.1. The molecule has 0 unspecified atom stereocenters. The summed E-state index contributed by atoms with van der Waals surface area (Å²) in [4.78, 5) is 24.8. The van der Waals surface area contributed by atoms with E-state index in [1.54, 1.807) is 23.1 Å². The fraction of sp³-hybridized carbons (Fsp3) is 0.182. The normalized spacial score (nSPS) is 10.2. The number of hydrogen-bond acceptors (Lipinski definition) is 6. The number of anilines is 1. The van der Waals surface area contributed by atoms with Crippen molar-refractivity contribution in [1.82, 2.24) is 14.8 Å². The van der Waals surface area contributed by atoms with Crippen molar-refractivity contribution in [1.29, 1.82) is 0 Å². The molecule has 2 aromatic heterocycles. The lowest BCUT2D eigenvalue weighted by Gasteiger charge is -2.08. The van der Waals surface area contributed by atoms with Gasteiger partial charge < -0.3 is 10.4 Å². The third-order valence-corrected chi connectivity index (χ3v) is 2.51. The zero-order valence-corrected chi connectivity index (χ0v) is 10.3. The molecule has 0 aliphatic carbocycles. The summed E-state index contributed by atoms with van der Waals surface area (Å²) in [5.41, 5.74) is -0.598. The number of aromatic carboxylic acids is 1. The Kier molecular flexibility index (Phi) is 3.89. The van der Waals surface area contributed by atoms with Crippen molar-refractivity contribution in [3.63, 3.8) is 0 Å².